The minimum absolute atomic E-state index is 0.231. The fraction of sp³-hybridized carbons (Fsp3) is 0.0455. The molecule has 0 aliphatic rings. The van der Waals surface area contributed by atoms with Crippen molar-refractivity contribution in [2.45, 2.75) is 6.92 Å². The largest absolute Gasteiger partial charge is 0.321 e. The number of hydrogen-bond acceptors (Lipinski definition) is 6. The van der Waals surface area contributed by atoms with Crippen LogP contribution in [0.15, 0.2) is 54.4 Å². The quantitative estimate of drug-likeness (QED) is 0.408. The first-order chi connectivity index (χ1) is 15.2. The van der Waals surface area contributed by atoms with Crippen molar-refractivity contribution in [2.24, 2.45) is 0 Å². The lowest BCUT2D eigenvalue weighted by molar-refractivity contribution is 0.638. The molecule has 2 N–H and O–H groups in total. The van der Waals surface area contributed by atoms with Crippen LogP contribution in [0.25, 0.3) is 55.3 Å². The number of nitrogens with zero attached hydrogens (tertiary/aromatic N) is 5. The van der Waals surface area contributed by atoms with Crippen molar-refractivity contribution in [3.05, 3.63) is 65.8 Å². The number of aromatic amines is 2. The molecule has 6 aromatic rings. The Bertz CT molecular complexity index is 1570. The van der Waals surface area contributed by atoms with Crippen molar-refractivity contribution in [1.29, 1.82) is 0 Å². The van der Waals surface area contributed by atoms with E-state index in [-0.39, 0.29) is 5.69 Å². The molecule has 6 heterocycles. The zero-order valence-corrected chi connectivity index (χ0v) is 17.0. The highest BCUT2D eigenvalue weighted by molar-refractivity contribution is 7.13. The van der Waals surface area contributed by atoms with Crippen LogP contribution in [-0.4, -0.2) is 35.1 Å². The lowest BCUT2D eigenvalue weighted by atomic mass is 10.1. The monoisotopic (exact) mass is 427 g/mol. The van der Waals surface area contributed by atoms with E-state index >= 15 is 4.39 Å². The van der Waals surface area contributed by atoms with E-state index in [2.05, 4.69) is 30.1 Å². The van der Waals surface area contributed by atoms with Crippen LogP contribution in [0.5, 0.6) is 0 Å². The number of pyridine rings is 3. The van der Waals surface area contributed by atoms with Gasteiger partial charge in [0.15, 0.2) is 17.3 Å². The second-order valence-electron chi connectivity index (χ2n) is 7.09. The second-order valence-corrected chi connectivity index (χ2v) is 8.04. The summed E-state index contributed by atoms with van der Waals surface area (Å²) in [4.78, 5) is 21.8. The Morgan fingerprint density at radius 3 is 2.77 bits per heavy atom. The summed E-state index contributed by atoms with van der Waals surface area (Å²) in [5.41, 5.74) is 4.94. The van der Waals surface area contributed by atoms with Gasteiger partial charge in [0.1, 0.15) is 16.9 Å². The first-order valence-electron chi connectivity index (χ1n) is 9.53. The minimum atomic E-state index is -0.468. The first kappa shape index (κ1) is 17.8. The summed E-state index contributed by atoms with van der Waals surface area (Å²) in [6, 6.07) is 7.78. The molecular formula is C22H14FN7S. The Morgan fingerprint density at radius 2 is 1.94 bits per heavy atom. The van der Waals surface area contributed by atoms with Crippen LogP contribution in [0.2, 0.25) is 0 Å². The molecule has 0 fully saturated rings. The van der Waals surface area contributed by atoms with Gasteiger partial charge in [0.05, 0.1) is 17.1 Å². The number of rotatable bonds is 3. The highest BCUT2D eigenvalue weighted by Crippen LogP contribution is 2.35. The summed E-state index contributed by atoms with van der Waals surface area (Å²) >= 11 is 1.63. The Hall–Kier alpha value is -3.98. The number of aromatic nitrogens is 7. The van der Waals surface area contributed by atoms with Crippen molar-refractivity contribution in [3.8, 4) is 33.2 Å². The molecule has 0 unspecified atom stereocenters. The predicted octanol–water partition coefficient (Wildman–Crippen LogP) is 5.13. The maximum Gasteiger partial charge on any atom is 0.161 e. The maximum absolute atomic E-state index is 15.7. The number of aryl methyl sites for hydroxylation is 1. The lowest BCUT2D eigenvalue weighted by Crippen LogP contribution is -1.94. The fourth-order valence-corrected chi connectivity index (χ4v) is 4.45. The third-order valence-corrected chi connectivity index (χ3v) is 6.14. The van der Waals surface area contributed by atoms with E-state index in [9.17, 15) is 0 Å². The van der Waals surface area contributed by atoms with Gasteiger partial charge in [0.25, 0.3) is 0 Å². The number of halogens is 1. The zero-order valence-electron chi connectivity index (χ0n) is 16.2. The number of imidazole rings is 1. The molecule has 0 bridgehead atoms. The number of H-pyrrole nitrogens is 2. The van der Waals surface area contributed by atoms with Crippen LogP contribution < -0.4 is 0 Å². The van der Waals surface area contributed by atoms with Crippen LogP contribution in [0, 0.1) is 12.7 Å². The van der Waals surface area contributed by atoms with E-state index in [1.807, 2.05) is 36.6 Å². The molecule has 6 aromatic heterocycles. The van der Waals surface area contributed by atoms with E-state index in [1.165, 1.54) is 0 Å². The van der Waals surface area contributed by atoms with Gasteiger partial charge in [-0.2, -0.15) is 5.10 Å². The molecule has 0 aliphatic heterocycles. The van der Waals surface area contributed by atoms with Gasteiger partial charge >= 0.3 is 0 Å². The summed E-state index contributed by atoms with van der Waals surface area (Å²) in [5.74, 6) is -0.0269. The van der Waals surface area contributed by atoms with Gasteiger partial charge in [0.2, 0.25) is 0 Å². The number of fused-ring (bicyclic) bond motifs is 2. The van der Waals surface area contributed by atoms with E-state index in [4.69, 9.17) is 4.98 Å². The summed E-state index contributed by atoms with van der Waals surface area (Å²) in [5, 5.41) is 9.53. The zero-order chi connectivity index (χ0) is 20.9. The smallest absolute Gasteiger partial charge is 0.161 e. The van der Waals surface area contributed by atoms with E-state index < -0.39 is 5.82 Å². The number of nitrogens with one attached hydrogen (secondary N) is 2. The van der Waals surface area contributed by atoms with Crippen molar-refractivity contribution in [2.75, 3.05) is 0 Å². The highest BCUT2D eigenvalue weighted by atomic mass is 32.1. The molecule has 0 aliphatic carbocycles. The molecule has 0 saturated heterocycles. The standard InChI is InChI=1S/C22H14FN7S/c1-11-4-6-24-9-13(11)18-17(23)16-14(10-26-18)29-30-20(16)22-27-19-12(15-3-2-8-31-15)5-7-25-21(19)28-22/h2-10H,1H3,(H,29,30)(H,25,27,28). The Kier molecular flexibility index (Phi) is 3.90. The average molecular weight is 427 g/mol. The predicted molar refractivity (Wildman–Crippen MR) is 118 cm³/mol. The van der Waals surface area contributed by atoms with E-state index in [0.717, 1.165) is 16.0 Å². The van der Waals surface area contributed by atoms with Crippen molar-refractivity contribution < 1.29 is 4.39 Å². The third kappa shape index (κ3) is 2.74. The average Bonchev–Trinajstić information content (AvgIpc) is 3.53. The molecule has 0 saturated carbocycles. The van der Waals surface area contributed by atoms with Crippen LogP contribution in [-0.2, 0) is 0 Å². The summed E-state index contributed by atoms with van der Waals surface area (Å²) in [6.07, 6.45) is 6.60. The summed E-state index contributed by atoms with van der Waals surface area (Å²) < 4.78 is 15.7. The molecule has 9 heteroatoms. The Labute approximate surface area is 179 Å². The van der Waals surface area contributed by atoms with Gasteiger partial charge in [-0.3, -0.25) is 15.1 Å². The highest BCUT2D eigenvalue weighted by Gasteiger charge is 2.22. The molecule has 0 amide bonds. The third-order valence-electron chi connectivity index (χ3n) is 5.23. The molecule has 0 spiro atoms. The lowest BCUT2D eigenvalue weighted by Gasteiger charge is -2.06. The maximum atomic E-state index is 15.7. The SMILES string of the molecule is Cc1ccncc1-c1ncc2[nH]nc(-c3nc4c(-c5cccs5)ccnc4[nH]3)c2c1F. The van der Waals surface area contributed by atoms with E-state index in [0.29, 0.717) is 39.1 Å². The molecule has 0 radical (unpaired) electrons. The fourth-order valence-electron chi connectivity index (χ4n) is 3.70. The molecule has 6 rings (SSSR count). The van der Waals surface area contributed by atoms with Crippen LogP contribution in [0.1, 0.15) is 5.56 Å². The number of thiophene rings is 1. The van der Waals surface area contributed by atoms with Gasteiger partial charge in [-0.25, -0.2) is 14.4 Å². The van der Waals surface area contributed by atoms with Gasteiger partial charge in [0, 0.05) is 34.6 Å². The molecule has 31 heavy (non-hydrogen) atoms. The van der Waals surface area contributed by atoms with Crippen LogP contribution in [0.4, 0.5) is 4.39 Å². The minimum Gasteiger partial charge on any atom is -0.321 e. The van der Waals surface area contributed by atoms with Crippen LogP contribution in [0.3, 0.4) is 0 Å². The summed E-state index contributed by atoms with van der Waals surface area (Å²) in [7, 11) is 0. The van der Waals surface area contributed by atoms with Gasteiger partial charge in [-0.05, 0) is 36.1 Å². The van der Waals surface area contributed by atoms with E-state index in [1.54, 1.807) is 36.1 Å². The van der Waals surface area contributed by atoms with Crippen LogP contribution >= 0.6 is 11.3 Å². The topological polar surface area (TPSA) is 96.0 Å². The molecule has 0 atom stereocenters. The van der Waals surface area contributed by atoms with Gasteiger partial charge in [-0.1, -0.05) is 6.07 Å². The van der Waals surface area contributed by atoms with Crippen molar-refractivity contribution in [1.82, 2.24) is 35.1 Å². The van der Waals surface area contributed by atoms with Crippen molar-refractivity contribution in [3.63, 3.8) is 0 Å². The molecule has 7 nitrogen and oxygen atoms in total. The van der Waals surface area contributed by atoms with Crippen molar-refractivity contribution >= 4 is 33.4 Å². The Morgan fingerprint density at radius 1 is 1.00 bits per heavy atom. The Balaban J connectivity index is 1.57. The van der Waals surface area contributed by atoms with Gasteiger partial charge < -0.3 is 4.98 Å². The molecule has 150 valence electrons. The first-order valence-corrected chi connectivity index (χ1v) is 10.4. The normalized spacial score (nSPS) is 11.5. The molecular weight excluding hydrogens is 413 g/mol. The van der Waals surface area contributed by atoms with Gasteiger partial charge in [-0.15, -0.1) is 11.3 Å². The summed E-state index contributed by atoms with van der Waals surface area (Å²) in [6.45, 7) is 1.90. The molecule has 0 aromatic carbocycles. The number of hydrogen-bond donors (Lipinski definition) is 2. The second kappa shape index (κ2) is 6.78.